The van der Waals surface area contributed by atoms with Gasteiger partial charge in [0.05, 0.1) is 6.10 Å². The molecule has 1 aromatic heterocycles. The molecule has 0 spiro atoms. The number of hydrogen-bond donors (Lipinski definition) is 2. The normalized spacial score (nSPS) is 16.4. The van der Waals surface area contributed by atoms with Crippen LogP contribution in [0.2, 0.25) is 0 Å². The zero-order valence-electron chi connectivity index (χ0n) is 13.5. The Kier molecular flexibility index (Phi) is 5.25. The number of hydrogen-bond acceptors (Lipinski definition) is 5. The number of nitrogens with one attached hydrogen (secondary N) is 1. The highest BCUT2D eigenvalue weighted by molar-refractivity contribution is 6.05. The number of carboxylic acid groups (broad SMARTS) is 1. The number of amides is 1. The fourth-order valence-corrected chi connectivity index (χ4v) is 2.49. The molecule has 1 atom stereocenters. The number of ether oxygens (including phenoxy) is 2. The summed E-state index contributed by atoms with van der Waals surface area (Å²) in [7, 11) is 0. The van der Waals surface area contributed by atoms with E-state index in [1.165, 1.54) is 18.3 Å². The van der Waals surface area contributed by atoms with Crippen molar-refractivity contribution in [2.75, 3.05) is 18.5 Å². The van der Waals surface area contributed by atoms with Crippen LogP contribution < -0.4 is 10.1 Å². The molecule has 1 aliphatic rings. The van der Waals surface area contributed by atoms with E-state index in [4.69, 9.17) is 14.6 Å². The summed E-state index contributed by atoms with van der Waals surface area (Å²) in [5.74, 6) is -0.883. The third kappa shape index (κ3) is 4.54. The van der Waals surface area contributed by atoms with E-state index in [-0.39, 0.29) is 17.4 Å². The maximum absolute atomic E-state index is 12.2. The van der Waals surface area contributed by atoms with Crippen molar-refractivity contribution >= 4 is 17.6 Å². The van der Waals surface area contributed by atoms with Crippen LogP contribution in [0, 0.1) is 0 Å². The second kappa shape index (κ2) is 7.76. The summed E-state index contributed by atoms with van der Waals surface area (Å²) in [6.07, 6.45) is 3.52. The van der Waals surface area contributed by atoms with Crippen LogP contribution in [-0.2, 0) is 4.74 Å². The van der Waals surface area contributed by atoms with Gasteiger partial charge in [0.15, 0.2) is 0 Å². The largest absolute Gasteiger partial charge is 0.491 e. The summed E-state index contributed by atoms with van der Waals surface area (Å²) in [6.45, 7) is 1.30. The summed E-state index contributed by atoms with van der Waals surface area (Å²) in [5.41, 5.74) is 0.639. The molecule has 2 N–H and O–H groups in total. The Balaban J connectivity index is 1.58. The van der Waals surface area contributed by atoms with E-state index in [2.05, 4.69) is 10.3 Å². The van der Waals surface area contributed by atoms with Gasteiger partial charge in [-0.1, -0.05) is 0 Å². The van der Waals surface area contributed by atoms with Gasteiger partial charge in [-0.25, -0.2) is 9.78 Å². The molecule has 0 saturated carbocycles. The van der Waals surface area contributed by atoms with Crippen LogP contribution in [0.5, 0.6) is 5.75 Å². The highest BCUT2D eigenvalue weighted by Crippen LogP contribution is 2.19. The Bertz CT molecular complexity index is 754. The topological polar surface area (TPSA) is 97.8 Å². The Hall–Kier alpha value is -2.93. The number of anilines is 1. The lowest BCUT2D eigenvalue weighted by atomic mass is 10.2. The molecule has 1 unspecified atom stereocenters. The zero-order chi connectivity index (χ0) is 17.6. The van der Waals surface area contributed by atoms with E-state index in [9.17, 15) is 9.59 Å². The number of aromatic nitrogens is 1. The lowest BCUT2D eigenvalue weighted by molar-refractivity contribution is 0.0679. The SMILES string of the molecule is O=C(Nc1ccc(OCC2CCCO2)cc1)c1ccnc(C(=O)O)c1. The number of carboxylic acids is 1. The Morgan fingerprint density at radius 1 is 1.28 bits per heavy atom. The number of rotatable bonds is 6. The van der Waals surface area contributed by atoms with Crippen molar-refractivity contribution in [1.29, 1.82) is 0 Å². The third-order valence-electron chi connectivity index (χ3n) is 3.81. The van der Waals surface area contributed by atoms with Gasteiger partial charge in [0.2, 0.25) is 0 Å². The molecule has 7 nitrogen and oxygen atoms in total. The lowest BCUT2D eigenvalue weighted by Gasteiger charge is -2.12. The van der Waals surface area contributed by atoms with Crippen LogP contribution >= 0.6 is 0 Å². The molecule has 130 valence electrons. The first-order valence-electron chi connectivity index (χ1n) is 7.97. The van der Waals surface area contributed by atoms with Gasteiger partial charge in [-0.15, -0.1) is 0 Å². The molecular formula is C18H18N2O5. The second-order valence-electron chi connectivity index (χ2n) is 5.66. The third-order valence-corrected chi connectivity index (χ3v) is 3.81. The van der Waals surface area contributed by atoms with E-state index in [1.54, 1.807) is 24.3 Å². The van der Waals surface area contributed by atoms with Crippen molar-refractivity contribution in [2.45, 2.75) is 18.9 Å². The highest BCUT2D eigenvalue weighted by atomic mass is 16.5. The molecular weight excluding hydrogens is 324 g/mol. The van der Waals surface area contributed by atoms with Gasteiger partial charge < -0.3 is 19.9 Å². The minimum absolute atomic E-state index is 0.148. The van der Waals surface area contributed by atoms with Gasteiger partial charge >= 0.3 is 5.97 Å². The average Bonchev–Trinajstić information content (AvgIpc) is 3.15. The standard InChI is InChI=1S/C18H18N2O5/c21-17(12-7-8-19-16(10-12)18(22)23)20-13-3-5-14(6-4-13)25-11-15-2-1-9-24-15/h3-8,10,15H,1-2,9,11H2,(H,20,21)(H,22,23). The van der Waals surface area contributed by atoms with Crippen LogP contribution in [0.4, 0.5) is 5.69 Å². The number of nitrogens with zero attached hydrogens (tertiary/aromatic N) is 1. The van der Waals surface area contributed by atoms with Crippen molar-refractivity contribution in [3.8, 4) is 5.75 Å². The highest BCUT2D eigenvalue weighted by Gasteiger charge is 2.16. The van der Waals surface area contributed by atoms with E-state index >= 15 is 0 Å². The van der Waals surface area contributed by atoms with Crippen LogP contribution in [-0.4, -0.2) is 41.3 Å². The summed E-state index contributed by atoms with van der Waals surface area (Å²) < 4.78 is 11.2. The number of carbonyl (C=O) groups excluding carboxylic acids is 1. The summed E-state index contributed by atoms with van der Waals surface area (Å²) >= 11 is 0. The average molecular weight is 342 g/mol. The van der Waals surface area contributed by atoms with Gasteiger partial charge in [0.25, 0.3) is 5.91 Å². The molecule has 2 aromatic rings. The summed E-state index contributed by atoms with van der Waals surface area (Å²) in [5, 5.41) is 11.6. The fraction of sp³-hybridized carbons (Fsp3) is 0.278. The lowest BCUT2D eigenvalue weighted by Crippen LogP contribution is -2.16. The van der Waals surface area contributed by atoms with Crippen LogP contribution in [0.15, 0.2) is 42.6 Å². The van der Waals surface area contributed by atoms with Crippen LogP contribution in [0.1, 0.15) is 33.7 Å². The first-order valence-corrected chi connectivity index (χ1v) is 7.97. The number of benzene rings is 1. The molecule has 1 fully saturated rings. The molecule has 1 aromatic carbocycles. The quantitative estimate of drug-likeness (QED) is 0.837. The molecule has 0 bridgehead atoms. The molecule has 3 rings (SSSR count). The van der Waals surface area contributed by atoms with Crippen molar-refractivity contribution < 1.29 is 24.2 Å². The van der Waals surface area contributed by atoms with Gasteiger partial charge in [0, 0.05) is 24.1 Å². The molecule has 25 heavy (non-hydrogen) atoms. The number of pyridine rings is 1. The van der Waals surface area contributed by atoms with E-state index in [0.29, 0.717) is 18.0 Å². The second-order valence-corrected chi connectivity index (χ2v) is 5.66. The Morgan fingerprint density at radius 3 is 2.76 bits per heavy atom. The first kappa shape index (κ1) is 16.9. The van der Waals surface area contributed by atoms with E-state index in [1.807, 2.05) is 0 Å². The maximum Gasteiger partial charge on any atom is 0.354 e. The number of carbonyl (C=O) groups is 2. The smallest absolute Gasteiger partial charge is 0.354 e. The van der Waals surface area contributed by atoms with Crippen molar-refractivity contribution in [1.82, 2.24) is 4.98 Å². The van der Waals surface area contributed by atoms with Crippen LogP contribution in [0.25, 0.3) is 0 Å². The van der Waals surface area contributed by atoms with E-state index < -0.39 is 11.9 Å². The minimum atomic E-state index is -1.18. The fourth-order valence-electron chi connectivity index (χ4n) is 2.49. The number of aromatic carboxylic acids is 1. The molecule has 1 saturated heterocycles. The molecule has 1 aliphatic heterocycles. The Morgan fingerprint density at radius 2 is 2.08 bits per heavy atom. The van der Waals surface area contributed by atoms with Crippen molar-refractivity contribution in [3.63, 3.8) is 0 Å². The molecule has 0 aliphatic carbocycles. The van der Waals surface area contributed by atoms with Crippen molar-refractivity contribution in [2.24, 2.45) is 0 Å². The van der Waals surface area contributed by atoms with Crippen LogP contribution in [0.3, 0.4) is 0 Å². The van der Waals surface area contributed by atoms with Gasteiger partial charge in [0.1, 0.15) is 18.1 Å². The van der Waals surface area contributed by atoms with Gasteiger partial charge in [-0.2, -0.15) is 0 Å². The monoisotopic (exact) mass is 342 g/mol. The van der Waals surface area contributed by atoms with Gasteiger partial charge in [-0.05, 0) is 49.2 Å². The summed E-state index contributed by atoms with van der Waals surface area (Å²) in [6, 6.07) is 9.67. The molecule has 2 heterocycles. The molecule has 7 heteroatoms. The zero-order valence-corrected chi connectivity index (χ0v) is 13.5. The minimum Gasteiger partial charge on any atom is -0.491 e. The summed E-state index contributed by atoms with van der Waals surface area (Å²) in [4.78, 5) is 26.8. The molecule has 1 amide bonds. The van der Waals surface area contributed by atoms with Gasteiger partial charge in [-0.3, -0.25) is 4.79 Å². The van der Waals surface area contributed by atoms with E-state index in [0.717, 1.165) is 19.4 Å². The Labute approximate surface area is 144 Å². The predicted octanol–water partition coefficient (Wildman–Crippen LogP) is 2.59. The first-order chi connectivity index (χ1) is 12.1. The van der Waals surface area contributed by atoms with Crippen molar-refractivity contribution in [3.05, 3.63) is 53.9 Å². The maximum atomic E-state index is 12.2. The molecule has 0 radical (unpaired) electrons. The predicted molar refractivity (Wildman–Crippen MR) is 90.1 cm³/mol.